The molecule has 110 valence electrons. The second-order valence-corrected chi connectivity index (χ2v) is 6.96. The number of carboxylic acids is 1. The van der Waals surface area contributed by atoms with Gasteiger partial charge in [-0.25, -0.2) is 13.2 Å². The number of carbonyl (C=O) groups is 1. The maximum Gasteiger partial charge on any atom is 0.335 e. The Morgan fingerprint density at radius 2 is 1.71 bits per heavy atom. The molecule has 2 rings (SSSR count). The molecule has 0 aliphatic rings. The van der Waals surface area contributed by atoms with E-state index in [9.17, 15) is 13.2 Å². The predicted molar refractivity (Wildman–Crippen MR) is 80.2 cm³/mol. The Hall–Kier alpha value is -2.14. The maximum absolute atomic E-state index is 12.4. The van der Waals surface area contributed by atoms with Crippen molar-refractivity contribution in [3.8, 4) is 0 Å². The molecule has 0 bridgehead atoms. The molecular weight excluding hydrogens is 288 g/mol. The van der Waals surface area contributed by atoms with Crippen LogP contribution in [0.1, 0.15) is 27.0 Å². The van der Waals surface area contributed by atoms with E-state index in [2.05, 4.69) is 0 Å². The zero-order valence-electron chi connectivity index (χ0n) is 11.8. The topological polar surface area (TPSA) is 71.4 Å². The molecule has 0 unspecified atom stereocenters. The van der Waals surface area contributed by atoms with Crippen LogP contribution >= 0.6 is 0 Å². The molecule has 2 aromatic rings. The molecule has 0 aliphatic carbocycles. The Balaban J connectivity index is 2.43. The molecule has 0 saturated heterocycles. The third-order valence-electron chi connectivity index (χ3n) is 3.41. The minimum Gasteiger partial charge on any atom is -0.478 e. The van der Waals surface area contributed by atoms with Gasteiger partial charge in [0.25, 0.3) is 0 Å². The van der Waals surface area contributed by atoms with Crippen molar-refractivity contribution in [3.05, 3.63) is 64.7 Å². The van der Waals surface area contributed by atoms with Gasteiger partial charge in [-0.05, 0) is 42.7 Å². The highest BCUT2D eigenvalue weighted by Gasteiger charge is 2.19. The first-order valence-corrected chi connectivity index (χ1v) is 8.08. The molecule has 0 heterocycles. The SMILES string of the molecule is Cc1ccccc1CS(=O)(=O)c1ccc(C)c(C(=O)O)c1. The molecule has 0 aliphatic heterocycles. The van der Waals surface area contributed by atoms with Crippen molar-refractivity contribution in [1.29, 1.82) is 0 Å². The molecule has 0 amide bonds. The average molecular weight is 304 g/mol. The highest BCUT2D eigenvalue weighted by atomic mass is 32.2. The van der Waals surface area contributed by atoms with Crippen LogP contribution in [-0.2, 0) is 15.6 Å². The van der Waals surface area contributed by atoms with Crippen molar-refractivity contribution in [3.63, 3.8) is 0 Å². The lowest BCUT2D eigenvalue weighted by atomic mass is 10.1. The number of sulfone groups is 1. The molecular formula is C16H16O4S. The van der Waals surface area contributed by atoms with Crippen molar-refractivity contribution in [1.82, 2.24) is 0 Å². The van der Waals surface area contributed by atoms with Crippen molar-refractivity contribution in [2.24, 2.45) is 0 Å². The van der Waals surface area contributed by atoms with Gasteiger partial charge in [-0.15, -0.1) is 0 Å². The van der Waals surface area contributed by atoms with E-state index < -0.39 is 15.8 Å². The number of benzene rings is 2. The van der Waals surface area contributed by atoms with Gasteiger partial charge >= 0.3 is 5.97 Å². The van der Waals surface area contributed by atoms with E-state index in [1.807, 2.05) is 19.1 Å². The monoisotopic (exact) mass is 304 g/mol. The molecule has 0 fully saturated rings. The number of hydrogen-bond donors (Lipinski definition) is 1. The van der Waals surface area contributed by atoms with Crippen LogP contribution in [0.2, 0.25) is 0 Å². The van der Waals surface area contributed by atoms with Crippen LogP contribution in [0.25, 0.3) is 0 Å². The van der Waals surface area contributed by atoms with Crippen LogP contribution < -0.4 is 0 Å². The van der Waals surface area contributed by atoms with Crippen molar-refractivity contribution in [2.75, 3.05) is 0 Å². The zero-order chi connectivity index (χ0) is 15.6. The van der Waals surface area contributed by atoms with Gasteiger partial charge in [0.15, 0.2) is 9.84 Å². The third-order valence-corrected chi connectivity index (χ3v) is 5.07. The molecule has 1 N–H and O–H groups in total. The molecule has 2 aromatic carbocycles. The lowest BCUT2D eigenvalue weighted by molar-refractivity contribution is 0.0696. The quantitative estimate of drug-likeness (QED) is 0.942. The molecule has 0 spiro atoms. The van der Waals surface area contributed by atoms with Crippen molar-refractivity contribution < 1.29 is 18.3 Å². The molecule has 0 aromatic heterocycles. The normalized spacial score (nSPS) is 11.3. The smallest absolute Gasteiger partial charge is 0.335 e. The van der Waals surface area contributed by atoms with Crippen molar-refractivity contribution in [2.45, 2.75) is 24.5 Å². The lowest BCUT2D eigenvalue weighted by Gasteiger charge is -2.09. The first-order chi connectivity index (χ1) is 9.81. The molecule has 0 atom stereocenters. The van der Waals surface area contributed by atoms with E-state index in [1.165, 1.54) is 18.2 Å². The fourth-order valence-corrected chi connectivity index (χ4v) is 3.56. The van der Waals surface area contributed by atoms with E-state index in [-0.39, 0.29) is 16.2 Å². The second kappa shape index (κ2) is 5.69. The second-order valence-electron chi connectivity index (χ2n) is 4.97. The lowest BCUT2D eigenvalue weighted by Crippen LogP contribution is -2.08. The van der Waals surface area contributed by atoms with Crippen LogP contribution in [0.4, 0.5) is 0 Å². The first-order valence-electron chi connectivity index (χ1n) is 6.42. The summed E-state index contributed by atoms with van der Waals surface area (Å²) < 4.78 is 24.9. The van der Waals surface area contributed by atoms with Gasteiger partial charge in [0, 0.05) is 0 Å². The van der Waals surface area contributed by atoms with Gasteiger partial charge in [-0.3, -0.25) is 0 Å². The van der Waals surface area contributed by atoms with E-state index in [0.717, 1.165) is 11.1 Å². The zero-order valence-corrected chi connectivity index (χ0v) is 12.6. The molecule has 5 heteroatoms. The Morgan fingerprint density at radius 1 is 1.05 bits per heavy atom. The van der Waals surface area contributed by atoms with E-state index in [4.69, 9.17) is 5.11 Å². The predicted octanol–water partition coefficient (Wildman–Crippen LogP) is 2.98. The van der Waals surface area contributed by atoms with Gasteiger partial charge < -0.3 is 5.11 Å². The van der Waals surface area contributed by atoms with E-state index in [1.54, 1.807) is 19.1 Å². The summed E-state index contributed by atoms with van der Waals surface area (Å²) in [6.45, 7) is 3.49. The molecule has 0 radical (unpaired) electrons. The Kier molecular flexibility index (Phi) is 4.14. The summed E-state index contributed by atoms with van der Waals surface area (Å²) in [5, 5.41) is 9.09. The summed E-state index contributed by atoms with van der Waals surface area (Å²) in [7, 11) is -3.57. The highest BCUT2D eigenvalue weighted by molar-refractivity contribution is 7.90. The summed E-state index contributed by atoms with van der Waals surface area (Å²) in [6, 6.07) is 11.5. The van der Waals surface area contributed by atoms with Gasteiger partial charge in [-0.1, -0.05) is 30.3 Å². The van der Waals surface area contributed by atoms with Crippen LogP contribution in [0.5, 0.6) is 0 Å². The summed E-state index contributed by atoms with van der Waals surface area (Å²) in [5.41, 5.74) is 2.17. The highest BCUT2D eigenvalue weighted by Crippen LogP contribution is 2.21. The van der Waals surface area contributed by atoms with Crippen LogP contribution in [-0.4, -0.2) is 19.5 Å². The van der Waals surface area contributed by atoms with Gasteiger partial charge in [-0.2, -0.15) is 0 Å². The van der Waals surface area contributed by atoms with Crippen molar-refractivity contribution >= 4 is 15.8 Å². The standard InChI is InChI=1S/C16H16O4S/c1-11-5-3-4-6-13(11)10-21(19,20)14-8-7-12(2)15(9-14)16(17)18/h3-9H,10H2,1-2H3,(H,17,18). The largest absolute Gasteiger partial charge is 0.478 e. The van der Waals surface area contributed by atoms with Crippen LogP contribution in [0.15, 0.2) is 47.4 Å². The third kappa shape index (κ3) is 3.31. The minimum absolute atomic E-state index is 0.0147. The first kappa shape index (κ1) is 15.3. The number of aromatic carboxylic acids is 1. The summed E-state index contributed by atoms with van der Waals surface area (Å²) in [4.78, 5) is 11.2. The summed E-state index contributed by atoms with van der Waals surface area (Å²) in [5.74, 6) is -1.26. The Morgan fingerprint density at radius 3 is 2.33 bits per heavy atom. The van der Waals surface area contributed by atoms with Gasteiger partial charge in [0.2, 0.25) is 0 Å². The minimum atomic E-state index is -3.57. The number of hydrogen-bond acceptors (Lipinski definition) is 3. The number of rotatable bonds is 4. The van der Waals surface area contributed by atoms with Gasteiger partial charge in [0.05, 0.1) is 16.2 Å². The van der Waals surface area contributed by atoms with Crippen LogP contribution in [0, 0.1) is 13.8 Å². The molecule has 0 saturated carbocycles. The number of carboxylic acid groups (broad SMARTS) is 1. The summed E-state index contributed by atoms with van der Waals surface area (Å²) in [6.07, 6.45) is 0. The number of aryl methyl sites for hydroxylation is 2. The molecule has 4 nitrogen and oxygen atoms in total. The molecule has 21 heavy (non-hydrogen) atoms. The Bertz CT molecular complexity index is 792. The van der Waals surface area contributed by atoms with Gasteiger partial charge in [0.1, 0.15) is 0 Å². The fraction of sp³-hybridized carbons (Fsp3) is 0.188. The van der Waals surface area contributed by atoms with Crippen LogP contribution in [0.3, 0.4) is 0 Å². The summed E-state index contributed by atoms with van der Waals surface area (Å²) >= 11 is 0. The van der Waals surface area contributed by atoms with E-state index in [0.29, 0.717) is 5.56 Å². The maximum atomic E-state index is 12.4. The average Bonchev–Trinajstić information content (AvgIpc) is 2.41. The van der Waals surface area contributed by atoms with E-state index >= 15 is 0 Å². The fourth-order valence-electron chi connectivity index (χ4n) is 2.09. The Labute approximate surface area is 124 Å².